The molecule has 2 amide bonds. The Labute approximate surface area is 160 Å². The summed E-state index contributed by atoms with van der Waals surface area (Å²) in [5, 5.41) is 14.3. The molecule has 27 heavy (non-hydrogen) atoms. The van der Waals surface area contributed by atoms with Gasteiger partial charge in [0.25, 0.3) is 0 Å². The Morgan fingerprint density at radius 1 is 1.26 bits per heavy atom. The molecule has 3 N–H and O–H groups in total. The second-order valence-electron chi connectivity index (χ2n) is 6.72. The predicted octanol–water partition coefficient (Wildman–Crippen LogP) is 2.18. The molecule has 8 heteroatoms. The highest BCUT2D eigenvalue weighted by Gasteiger charge is 2.37. The van der Waals surface area contributed by atoms with E-state index in [0.717, 1.165) is 35.3 Å². The number of rotatable bonds is 5. The van der Waals surface area contributed by atoms with Crippen LogP contribution in [0.2, 0.25) is 0 Å². The lowest BCUT2D eigenvalue weighted by atomic mass is 10.1. The van der Waals surface area contributed by atoms with Gasteiger partial charge in [-0.25, -0.2) is 9.80 Å². The highest BCUT2D eigenvalue weighted by Crippen LogP contribution is 2.39. The number of fused-ring (bicyclic) bond motifs is 1. The molecular weight excluding hydrogens is 366 g/mol. The van der Waals surface area contributed by atoms with E-state index in [-0.39, 0.29) is 23.8 Å². The molecule has 2 aromatic rings. The fourth-order valence-corrected chi connectivity index (χ4v) is 4.93. The molecule has 4 rings (SSSR count). The maximum atomic E-state index is 12.8. The van der Waals surface area contributed by atoms with Gasteiger partial charge in [0.05, 0.1) is 12.0 Å². The molecule has 1 aliphatic heterocycles. The number of thiophene rings is 1. The van der Waals surface area contributed by atoms with Gasteiger partial charge in [-0.1, -0.05) is 30.3 Å². The van der Waals surface area contributed by atoms with Crippen molar-refractivity contribution in [2.24, 2.45) is 0 Å². The van der Waals surface area contributed by atoms with Crippen LogP contribution in [-0.2, 0) is 29.0 Å². The number of hydrogen-bond acceptors (Lipinski definition) is 5. The third-order valence-corrected chi connectivity index (χ3v) is 6.10. The molecule has 1 aromatic heterocycles. The zero-order valence-corrected chi connectivity index (χ0v) is 15.3. The normalized spacial score (nSPS) is 19.0. The van der Waals surface area contributed by atoms with E-state index in [4.69, 9.17) is 0 Å². The van der Waals surface area contributed by atoms with E-state index in [1.54, 1.807) is 5.01 Å². The average molecular weight is 385 g/mol. The van der Waals surface area contributed by atoms with Crippen LogP contribution in [0.25, 0.3) is 0 Å². The second kappa shape index (κ2) is 7.13. The summed E-state index contributed by atoms with van der Waals surface area (Å²) in [7, 11) is 0. The first-order valence-electron chi connectivity index (χ1n) is 8.81. The summed E-state index contributed by atoms with van der Waals surface area (Å²) in [4.78, 5) is 37.4. The predicted molar refractivity (Wildman–Crippen MR) is 100 cm³/mol. The number of anilines is 1. The summed E-state index contributed by atoms with van der Waals surface area (Å²) >= 11 is 1.33. The Morgan fingerprint density at radius 3 is 2.78 bits per heavy atom. The Kier molecular flexibility index (Phi) is 4.67. The second-order valence-corrected chi connectivity index (χ2v) is 7.83. The smallest absolute Gasteiger partial charge is 0.339 e. The van der Waals surface area contributed by atoms with Crippen LogP contribution in [0.5, 0.6) is 0 Å². The van der Waals surface area contributed by atoms with Gasteiger partial charge in [-0.3, -0.25) is 15.0 Å². The first kappa shape index (κ1) is 17.7. The fourth-order valence-electron chi connectivity index (χ4n) is 3.65. The number of hydrazine groups is 1. The van der Waals surface area contributed by atoms with E-state index in [9.17, 15) is 19.5 Å². The van der Waals surface area contributed by atoms with Gasteiger partial charge < -0.3 is 10.4 Å². The molecule has 1 fully saturated rings. The lowest BCUT2D eigenvalue weighted by molar-refractivity contribution is -0.121. The Hall–Kier alpha value is -2.71. The van der Waals surface area contributed by atoms with E-state index in [2.05, 4.69) is 10.7 Å². The van der Waals surface area contributed by atoms with Crippen molar-refractivity contribution in [1.29, 1.82) is 0 Å². The number of benzene rings is 1. The monoisotopic (exact) mass is 385 g/mol. The number of carboxylic acids is 1. The molecule has 7 nitrogen and oxygen atoms in total. The van der Waals surface area contributed by atoms with E-state index in [1.807, 2.05) is 30.3 Å². The van der Waals surface area contributed by atoms with Crippen LogP contribution >= 0.6 is 11.3 Å². The number of carboxylic acid groups (broad SMARTS) is 1. The van der Waals surface area contributed by atoms with E-state index in [0.29, 0.717) is 11.5 Å². The van der Waals surface area contributed by atoms with Gasteiger partial charge in [-0.15, -0.1) is 11.3 Å². The van der Waals surface area contributed by atoms with Crippen molar-refractivity contribution in [2.75, 3.05) is 5.32 Å². The van der Waals surface area contributed by atoms with E-state index < -0.39 is 12.0 Å². The maximum absolute atomic E-state index is 12.8. The van der Waals surface area contributed by atoms with Crippen LogP contribution in [-0.4, -0.2) is 33.9 Å². The minimum Gasteiger partial charge on any atom is -0.478 e. The van der Waals surface area contributed by atoms with Gasteiger partial charge in [0.15, 0.2) is 0 Å². The third kappa shape index (κ3) is 3.45. The van der Waals surface area contributed by atoms with Crippen LogP contribution in [0.3, 0.4) is 0 Å². The molecule has 1 unspecified atom stereocenters. The van der Waals surface area contributed by atoms with Gasteiger partial charge in [0.1, 0.15) is 11.0 Å². The molecule has 1 aliphatic carbocycles. The lowest BCUT2D eigenvalue weighted by Crippen LogP contribution is -2.43. The molecule has 1 atom stereocenters. The third-order valence-electron chi connectivity index (χ3n) is 4.89. The zero-order valence-electron chi connectivity index (χ0n) is 14.5. The standard InChI is InChI=1S/C19H19N3O4S/c23-15-9-13(22(21-15)10-11-5-2-1-3-6-11)17(24)20-18-16(19(25)26)12-7-4-8-14(12)27-18/h1-3,5-6,13H,4,7-10H2,(H,20,24)(H,21,23)(H,25,26). The first-order valence-corrected chi connectivity index (χ1v) is 9.63. The summed E-state index contributed by atoms with van der Waals surface area (Å²) in [5.41, 5.74) is 4.73. The Balaban J connectivity index is 1.54. The van der Waals surface area contributed by atoms with E-state index >= 15 is 0 Å². The van der Waals surface area contributed by atoms with Crippen molar-refractivity contribution in [3.05, 3.63) is 51.9 Å². The lowest BCUT2D eigenvalue weighted by Gasteiger charge is -2.22. The maximum Gasteiger partial charge on any atom is 0.339 e. The van der Waals surface area contributed by atoms with Crippen LogP contribution in [0.4, 0.5) is 5.00 Å². The number of carbonyl (C=O) groups is 3. The van der Waals surface area contributed by atoms with Crippen LogP contribution in [0.1, 0.15) is 39.2 Å². The minimum absolute atomic E-state index is 0.0478. The molecular formula is C19H19N3O4S. The first-order chi connectivity index (χ1) is 13.0. The van der Waals surface area contributed by atoms with Crippen molar-refractivity contribution >= 4 is 34.1 Å². The molecule has 1 saturated heterocycles. The van der Waals surface area contributed by atoms with Crippen molar-refractivity contribution in [3.63, 3.8) is 0 Å². The summed E-state index contributed by atoms with van der Waals surface area (Å²) in [6.07, 6.45) is 2.57. The fraction of sp³-hybridized carbons (Fsp3) is 0.316. The van der Waals surface area contributed by atoms with Crippen molar-refractivity contribution in [3.8, 4) is 0 Å². The summed E-state index contributed by atoms with van der Waals surface area (Å²) in [5.74, 6) is -1.61. The van der Waals surface area contributed by atoms with Gasteiger partial charge in [-0.2, -0.15) is 0 Å². The van der Waals surface area contributed by atoms with Crippen molar-refractivity contribution in [1.82, 2.24) is 10.4 Å². The summed E-state index contributed by atoms with van der Waals surface area (Å²) < 4.78 is 0. The SMILES string of the molecule is O=C1CC(C(=O)Nc2sc3c(c2C(=O)O)CCC3)N(Cc2ccccc2)N1. The van der Waals surface area contributed by atoms with E-state index in [1.165, 1.54) is 11.3 Å². The molecule has 140 valence electrons. The molecule has 0 bridgehead atoms. The van der Waals surface area contributed by atoms with Gasteiger partial charge in [0, 0.05) is 11.4 Å². The topological polar surface area (TPSA) is 98.7 Å². The average Bonchev–Trinajstić information content (AvgIpc) is 3.29. The number of carbonyl (C=O) groups excluding carboxylic acids is 2. The highest BCUT2D eigenvalue weighted by atomic mass is 32.1. The van der Waals surface area contributed by atoms with Gasteiger partial charge in [0.2, 0.25) is 11.8 Å². The van der Waals surface area contributed by atoms with Crippen molar-refractivity contribution in [2.45, 2.75) is 38.3 Å². The Morgan fingerprint density at radius 2 is 2.04 bits per heavy atom. The molecule has 1 aromatic carbocycles. The molecule has 0 radical (unpaired) electrons. The number of amides is 2. The summed E-state index contributed by atoms with van der Waals surface area (Å²) in [6, 6.07) is 8.86. The van der Waals surface area contributed by atoms with Gasteiger partial charge >= 0.3 is 5.97 Å². The zero-order chi connectivity index (χ0) is 19.0. The molecule has 0 saturated carbocycles. The molecule has 0 spiro atoms. The summed E-state index contributed by atoms with van der Waals surface area (Å²) in [6.45, 7) is 0.400. The Bertz CT molecular complexity index is 909. The number of aromatic carboxylic acids is 1. The highest BCUT2D eigenvalue weighted by molar-refractivity contribution is 7.17. The van der Waals surface area contributed by atoms with Crippen LogP contribution in [0.15, 0.2) is 30.3 Å². The number of nitrogens with one attached hydrogen (secondary N) is 2. The minimum atomic E-state index is -1.02. The van der Waals surface area contributed by atoms with Crippen molar-refractivity contribution < 1.29 is 19.5 Å². The number of nitrogens with zero attached hydrogens (tertiary/aromatic N) is 1. The van der Waals surface area contributed by atoms with Crippen LogP contribution < -0.4 is 10.7 Å². The number of aryl methyl sites for hydroxylation is 1. The quantitative estimate of drug-likeness (QED) is 0.733. The van der Waals surface area contributed by atoms with Gasteiger partial charge in [-0.05, 0) is 30.4 Å². The molecule has 2 heterocycles. The van der Waals surface area contributed by atoms with Crippen LogP contribution in [0, 0.1) is 0 Å². The number of hydrogen-bond donors (Lipinski definition) is 3. The largest absolute Gasteiger partial charge is 0.478 e. The molecule has 2 aliphatic rings.